The van der Waals surface area contributed by atoms with Crippen LogP contribution < -0.4 is 0 Å². The lowest BCUT2D eigenvalue weighted by Crippen LogP contribution is -2.15. The fourth-order valence-electron chi connectivity index (χ4n) is 2.41. The van der Waals surface area contributed by atoms with Gasteiger partial charge in [-0.1, -0.05) is 0 Å². The van der Waals surface area contributed by atoms with Crippen LogP contribution in [0.2, 0.25) is 0 Å². The molecule has 1 aromatic rings. The third-order valence-electron chi connectivity index (χ3n) is 3.11. The molecule has 1 N–H and O–H groups in total. The number of carboxylic acid groups (broad SMARTS) is 1. The number of aromatic nitrogens is 2. The maximum atomic E-state index is 10.7. The van der Waals surface area contributed by atoms with Gasteiger partial charge in [-0.3, -0.25) is 9.48 Å². The van der Waals surface area contributed by atoms with Crippen molar-refractivity contribution in [3.05, 3.63) is 17.5 Å². The summed E-state index contributed by atoms with van der Waals surface area (Å²) < 4.78 is 1.99. The zero-order chi connectivity index (χ0) is 10.8. The molecule has 1 unspecified atom stereocenters. The second-order valence-corrected chi connectivity index (χ2v) is 4.05. The number of rotatable bonds is 3. The predicted molar refractivity (Wildman–Crippen MR) is 55.8 cm³/mol. The van der Waals surface area contributed by atoms with Gasteiger partial charge in [-0.05, 0) is 37.7 Å². The summed E-state index contributed by atoms with van der Waals surface area (Å²) in [7, 11) is 0. The molecule has 0 aromatic carbocycles. The zero-order valence-corrected chi connectivity index (χ0v) is 8.94. The lowest BCUT2D eigenvalue weighted by molar-refractivity contribution is -0.137. The van der Waals surface area contributed by atoms with Gasteiger partial charge in [-0.25, -0.2) is 0 Å². The SMILES string of the molecule is CCn1ncc2c1CCCC2CC(=O)O. The second kappa shape index (κ2) is 4.04. The van der Waals surface area contributed by atoms with E-state index < -0.39 is 5.97 Å². The Morgan fingerprint density at radius 1 is 1.73 bits per heavy atom. The van der Waals surface area contributed by atoms with Crippen LogP contribution in [0.1, 0.15) is 43.4 Å². The van der Waals surface area contributed by atoms with Gasteiger partial charge >= 0.3 is 5.97 Å². The Kier molecular flexibility index (Phi) is 2.75. The van der Waals surface area contributed by atoms with Gasteiger partial charge in [0.2, 0.25) is 0 Å². The van der Waals surface area contributed by atoms with Crippen molar-refractivity contribution >= 4 is 5.97 Å². The van der Waals surface area contributed by atoms with Crippen molar-refractivity contribution in [1.82, 2.24) is 9.78 Å². The summed E-state index contributed by atoms with van der Waals surface area (Å²) in [4.78, 5) is 10.7. The molecule has 2 rings (SSSR count). The van der Waals surface area contributed by atoms with Gasteiger partial charge in [-0.2, -0.15) is 5.10 Å². The molecule has 0 amide bonds. The van der Waals surface area contributed by atoms with Crippen LogP contribution in [0.25, 0.3) is 0 Å². The first kappa shape index (κ1) is 10.2. The summed E-state index contributed by atoms with van der Waals surface area (Å²) in [6, 6.07) is 0. The summed E-state index contributed by atoms with van der Waals surface area (Å²) in [6.45, 7) is 2.93. The number of aliphatic carboxylic acids is 1. The molecule has 1 heterocycles. The Hall–Kier alpha value is -1.32. The molecule has 1 aliphatic carbocycles. The molecule has 4 nitrogen and oxygen atoms in total. The van der Waals surface area contributed by atoms with E-state index in [9.17, 15) is 4.79 Å². The maximum Gasteiger partial charge on any atom is 0.303 e. The topological polar surface area (TPSA) is 55.1 Å². The van der Waals surface area contributed by atoms with Crippen molar-refractivity contribution in [2.24, 2.45) is 0 Å². The normalized spacial score (nSPS) is 19.9. The van der Waals surface area contributed by atoms with E-state index in [-0.39, 0.29) is 12.3 Å². The first-order chi connectivity index (χ1) is 7.22. The highest BCUT2D eigenvalue weighted by Crippen LogP contribution is 2.33. The number of hydrogen-bond acceptors (Lipinski definition) is 2. The van der Waals surface area contributed by atoms with Gasteiger partial charge in [0.25, 0.3) is 0 Å². The van der Waals surface area contributed by atoms with Crippen LogP contribution in [0.4, 0.5) is 0 Å². The first-order valence-electron chi connectivity index (χ1n) is 5.48. The Morgan fingerprint density at radius 2 is 2.53 bits per heavy atom. The van der Waals surface area contributed by atoms with Crippen LogP contribution in [0.5, 0.6) is 0 Å². The molecule has 1 atom stereocenters. The van der Waals surface area contributed by atoms with E-state index in [1.165, 1.54) is 5.69 Å². The zero-order valence-electron chi connectivity index (χ0n) is 8.94. The van der Waals surface area contributed by atoms with E-state index in [2.05, 4.69) is 12.0 Å². The fourth-order valence-corrected chi connectivity index (χ4v) is 2.41. The van der Waals surface area contributed by atoms with Gasteiger partial charge < -0.3 is 5.11 Å². The minimum absolute atomic E-state index is 0.173. The highest BCUT2D eigenvalue weighted by atomic mass is 16.4. The average Bonchev–Trinajstić information content (AvgIpc) is 2.61. The molecule has 0 fully saturated rings. The van der Waals surface area contributed by atoms with Gasteiger partial charge in [-0.15, -0.1) is 0 Å². The third kappa shape index (κ3) is 1.89. The highest BCUT2D eigenvalue weighted by Gasteiger charge is 2.25. The van der Waals surface area contributed by atoms with Crippen LogP contribution in [-0.2, 0) is 17.8 Å². The van der Waals surface area contributed by atoms with E-state index >= 15 is 0 Å². The minimum atomic E-state index is -0.711. The van der Waals surface area contributed by atoms with Crippen molar-refractivity contribution in [3.63, 3.8) is 0 Å². The molecule has 0 aliphatic heterocycles. The van der Waals surface area contributed by atoms with Gasteiger partial charge in [0, 0.05) is 12.2 Å². The first-order valence-corrected chi connectivity index (χ1v) is 5.48. The van der Waals surface area contributed by atoms with Crippen molar-refractivity contribution in [2.75, 3.05) is 0 Å². The summed E-state index contributed by atoms with van der Waals surface area (Å²) in [5.41, 5.74) is 2.40. The molecule has 0 spiro atoms. The standard InChI is InChI=1S/C11H16N2O2/c1-2-13-10-5-3-4-8(6-11(14)15)9(10)7-12-13/h7-8H,2-6H2,1H3,(H,14,15). The molecule has 0 radical (unpaired) electrons. The largest absolute Gasteiger partial charge is 0.481 e. The van der Waals surface area contributed by atoms with Crippen LogP contribution >= 0.6 is 0 Å². The molecule has 1 aromatic heterocycles. The maximum absolute atomic E-state index is 10.7. The molecular weight excluding hydrogens is 192 g/mol. The Bertz CT molecular complexity index is 371. The number of carbonyl (C=O) groups is 1. The fraction of sp³-hybridized carbons (Fsp3) is 0.636. The molecule has 82 valence electrons. The minimum Gasteiger partial charge on any atom is -0.481 e. The monoisotopic (exact) mass is 208 g/mol. The molecule has 0 saturated carbocycles. The number of carboxylic acids is 1. The van der Waals surface area contributed by atoms with Crippen molar-refractivity contribution < 1.29 is 9.90 Å². The lowest BCUT2D eigenvalue weighted by atomic mass is 9.85. The number of aryl methyl sites for hydroxylation is 1. The highest BCUT2D eigenvalue weighted by molar-refractivity contribution is 5.68. The van der Waals surface area contributed by atoms with Crippen molar-refractivity contribution in [1.29, 1.82) is 0 Å². The molecule has 0 saturated heterocycles. The number of hydrogen-bond donors (Lipinski definition) is 1. The molecule has 1 aliphatic rings. The average molecular weight is 208 g/mol. The third-order valence-corrected chi connectivity index (χ3v) is 3.11. The summed E-state index contributed by atoms with van der Waals surface area (Å²) in [6.07, 6.45) is 5.19. The van der Waals surface area contributed by atoms with E-state index in [1.807, 2.05) is 10.9 Å². The molecule has 4 heteroatoms. The van der Waals surface area contributed by atoms with Crippen molar-refractivity contribution in [3.8, 4) is 0 Å². The van der Waals surface area contributed by atoms with Gasteiger partial charge in [0.1, 0.15) is 0 Å². The summed E-state index contributed by atoms with van der Waals surface area (Å²) >= 11 is 0. The molecule has 0 bridgehead atoms. The van der Waals surface area contributed by atoms with E-state index in [4.69, 9.17) is 5.11 Å². The van der Waals surface area contributed by atoms with Crippen LogP contribution in [-0.4, -0.2) is 20.9 Å². The molecule has 15 heavy (non-hydrogen) atoms. The molecular formula is C11H16N2O2. The second-order valence-electron chi connectivity index (χ2n) is 4.05. The number of fused-ring (bicyclic) bond motifs is 1. The summed E-state index contributed by atoms with van der Waals surface area (Å²) in [5.74, 6) is -0.538. The van der Waals surface area contributed by atoms with E-state index in [0.29, 0.717) is 0 Å². The Balaban J connectivity index is 2.26. The van der Waals surface area contributed by atoms with Crippen molar-refractivity contribution in [2.45, 2.75) is 45.1 Å². The van der Waals surface area contributed by atoms with Gasteiger partial charge in [0.15, 0.2) is 0 Å². The Morgan fingerprint density at radius 3 is 3.20 bits per heavy atom. The summed E-state index contributed by atoms with van der Waals surface area (Å²) in [5, 5.41) is 13.1. The van der Waals surface area contributed by atoms with E-state index in [0.717, 1.165) is 31.4 Å². The number of nitrogens with zero attached hydrogens (tertiary/aromatic N) is 2. The van der Waals surface area contributed by atoms with Gasteiger partial charge in [0.05, 0.1) is 12.6 Å². The quantitative estimate of drug-likeness (QED) is 0.824. The van der Waals surface area contributed by atoms with Crippen LogP contribution in [0, 0.1) is 0 Å². The Labute approximate surface area is 88.9 Å². The lowest BCUT2D eigenvalue weighted by Gasteiger charge is -2.21. The van der Waals surface area contributed by atoms with Crippen LogP contribution in [0.15, 0.2) is 6.20 Å². The predicted octanol–water partition coefficient (Wildman–Crippen LogP) is 1.80. The smallest absolute Gasteiger partial charge is 0.303 e. The van der Waals surface area contributed by atoms with E-state index in [1.54, 1.807) is 0 Å². The van der Waals surface area contributed by atoms with Crippen LogP contribution in [0.3, 0.4) is 0 Å².